The van der Waals surface area contributed by atoms with Crippen LogP contribution in [0.15, 0.2) is 29.1 Å². The van der Waals surface area contributed by atoms with Crippen LogP contribution in [-0.2, 0) is 13.0 Å². The fourth-order valence-electron chi connectivity index (χ4n) is 1.98. The van der Waals surface area contributed by atoms with Gasteiger partial charge in [0.05, 0.1) is 5.69 Å². The molecule has 6 heteroatoms. The fourth-order valence-corrected chi connectivity index (χ4v) is 2.45. The minimum atomic E-state index is -0.154. The molecule has 2 aromatic rings. The predicted octanol–water partition coefficient (Wildman–Crippen LogP) is 3.17. The smallest absolute Gasteiger partial charge is 0.251 e. The number of nitrogens with zero attached hydrogens (tertiary/aromatic N) is 1. The van der Waals surface area contributed by atoms with Crippen molar-refractivity contribution < 1.29 is 0 Å². The lowest BCUT2D eigenvalue weighted by molar-refractivity contribution is 0.658. The Morgan fingerprint density at radius 1 is 1.29 bits per heavy atom. The highest BCUT2D eigenvalue weighted by Gasteiger charge is 2.06. The number of rotatable bonds is 6. The molecule has 0 aliphatic carbocycles. The third-order valence-corrected chi connectivity index (χ3v) is 3.54. The standard InChI is InChI=1S/C15H17Cl2N3O/c1-2-5-18-9-12-8-15(21)20-14(19-12)6-10-3-4-11(16)7-13(10)17/h3-4,7-8,18H,2,5-6,9H2,1H3,(H,19,20,21). The molecule has 0 fully saturated rings. The molecule has 0 aliphatic heterocycles. The summed E-state index contributed by atoms with van der Waals surface area (Å²) in [6.07, 6.45) is 1.50. The molecule has 0 atom stereocenters. The van der Waals surface area contributed by atoms with Crippen molar-refractivity contribution in [3.63, 3.8) is 0 Å². The normalized spacial score (nSPS) is 10.8. The van der Waals surface area contributed by atoms with Gasteiger partial charge in [-0.2, -0.15) is 0 Å². The fraction of sp³-hybridized carbons (Fsp3) is 0.333. The summed E-state index contributed by atoms with van der Waals surface area (Å²) in [5.41, 5.74) is 1.45. The van der Waals surface area contributed by atoms with Crippen molar-refractivity contribution >= 4 is 23.2 Å². The lowest BCUT2D eigenvalue weighted by atomic mass is 10.1. The van der Waals surface area contributed by atoms with E-state index in [0.717, 1.165) is 24.2 Å². The SMILES string of the molecule is CCCNCc1cc(=O)[nH]c(Cc2ccc(Cl)cc2Cl)n1. The second kappa shape index (κ2) is 7.59. The largest absolute Gasteiger partial charge is 0.311 e. The Morgan fingerprint density at radius 2 is 2.10 bits per heavy atom. The van der Waals surface area contributed by atoms with E-state index in [1.807, 2.05) is 6.07 Å². The molecule has 1 aromatic heterocycles. The highest BCUT2D eigenvalue weighted by Crippen LogP contribution is 2.22. The first-order chi connectivity index (χ1) is 10.1. The zero-order valence-corrected chi connectivity index (χ0v) is 13.3. The van der Waals surface area contributed by atoms with Crippen molar-refractivity contribution in [2.75, 3.05) is 6.54 Å². The van der Waals surface area contributed by atoms with Gasteiger partial charge in [-0.15, -0.1) is 0 Å². The van der Waals surface area contributed by atoms with Gasteiger partial charge >= 0.3 is 0 Å². The van der Waals surface area contributed by atoms with Crippen molar-refractivity contribution in [2.45, 2.75) is 26.3 Å². The third-order valence-electron chi connectivity index (χ3n) is 2.95. The molecule has 1 aromatic carbocycles. The second-order valence-electron chi connectivity index (χ2n) is 4.77. The van der Waals surface area contributed by atoms with Crippen LogP contribution in [0, 0.1) is 0 Å². The van der Waals surface area contributed by atoms with Crippen molar-refractivity contribution in [2.24, 2.45) is 0 Å². The quantitative estimate of drug-likeness (QED) is 0.802. The van der Waals surface area contributed by atoms with Crippen molar-refractivity contribution in [1.29, 1.82) is 0 Å². The van der Waals surface area contributed by atoms with Gasteiger partial charge in [-0.05, 0) is 30.7 Å². The van der Waals surface area contributed by atoms with E-state index in [4.69, 9.17) is 23.2 Å². The van der Waals surface area contributed by atoms with E-state index < -0.39 is 0 Å². The van der Waals surface area contributed by atoms with Gasteiger partial charge in [0.1, 0.15) is 5.82 Å². The number of aromatic nitrogens is 2. The van der Waals surface area contributed by atoms with Crippen LogP contribution in [0.4, 0.5) is 0 Å². The molecular formula is C15H17Cl2N3O. The van der Waals surface area contributed by atoms with Crippen LogP contribution in [-0.4, -0.2) is 16.5 Å². The van der Waals surface area contributed by atoms with Crippen LogP contribution < -0.4 is 10.9 Å². The molecule has 2 rings (SSSR count). The van der Waals surface area contributed by atoms with E-state index in [1.54, 1.807) is 12.1 Å². The van der Waals surface area contributed by atoms with Gasteiger partial charge in [0.2, 0.25) is 0 Å². The lowest BCUT2D eigenvalue weighted by Gasteiger charge is -2.07. The summed E-state index contributed by atoms with van der Waals surface area (Å²) >= 11 is 12.0. The van der Waals surface area contributed by atoms with E-state index in [9.17, 15) is 4.79 Å². The number of aromatic amines is 1. The molecule has 0 saturated heterocycles. The number of H-pyrrole nitrogens is 1. The van der Waals surface area contributed by atoms with Crippen molar-refractivity contribution in [3.05, 3.63) is 61.7 Å². The van der Waals surface area contributed by atoms with Crippen LogP contribution >= 0.6 is 23.2 Å². The number of nitrogens with one attached hydrogen (secondary N) is 2. The summed E-state index contributed by atoms with van der Waals surface area (Å²) in [7, 11) is 0. The summed E-state index contributed by atoms with van der Waals surface area (Å²) in [6, 6.07) is 6.80. The lowest BCUT2D eigenvalue weighted by Crippen LogP contribution is -2.19. The predicted molar refractivity (Wildman–Crippen MR) is 86.1 cm³/mol. The van der Waals surface area contributed by atoms with Crippen LogP contribution in [0.2, 0.25) is 10.0 Å². The Labute approximate surface area is 133 Å². The molecule has 0 spiro atoms. The maximum atomic E-state index is 11.7. The van der Waals surface area contributed by atoms with Crippen LogP contribution in [0.3, 0.4) is 0 Å². The summed E-state index contributed by atoms with van der Waals surface area (Å²) in [5.74, 6) is 0.597. The molecular weight excluding hydrogens is 309 g/mol. The zero-order valence-electron chi connectivity index (χ0n) is 11.7. The van der Waals surface area contributed by atoms with E-state index in [2.05, 4.69) is 22.2 Å². The highest BCUT2D eigenvalue weighted by molar-refractivity contribution is 6.35. The number of halogens is 2. The minimum absolute atomic E-state index is 0.154. The molecule has 0 saturated carbocycles. The molecule has 21 heavy (non-hydrogen) atoms. The molecule has 2 N–H and O–H groups in total. The number of benzene rings is 1. The van der Waals surface area contributed by atoms with Gasteiger partial charge in [0, 0.05) is 29.1 Å². The monoisotopic (exact) mass is 325 g/mol. The Bertz CT molecular complexity index is 670. The number of hydrogen-bond donors (Lipinski definition) is 2. The van der Waals surface area contributed by atoms with E-state index in [1.165, 1.54) is 6.07 Å². The summed E-state index contributed by atoms with van der Waals surface area (Å²) in [5, 5.41) is 4.38. The van der Waals surface area contributed by atoms with Gasteiger partial charge in [0.25, 0.3) is 5.56 Å². The Kier molecular flexibility index (Phi) is 5.79. The Morgan fingerprint density at radius 3 is 2.81 bits per heavy atom. The van der Waals surface area contributed by atoms with Gasteiger partial charge < -0.3 is 10.3 Å². The summed E-state index contributed by atoms with van der Waals surface area (Å²) < 4.78 is 0. The molecule has 112 valence electrons. The first-order valence-corrected chi connectivity index (χ1v) is 7.58. The topological polar surface area (TPSA) is 57.8 Å². The second-order valence-corrected chi connectivity index (χ2v) is 5.62. The van der Waals surface area contributed by atoms with Crippen LogP contribution in [0.1, 0.15) is 30.4 Å². The Hall–Kier alpha value is -1.36. The minimum Gasteiger partial charge on any atom is -0.311 e. The van der Waals surface area contributed by atoms with Crippen molar-refractivity contribution in [3.8, 4) is 0 Å². The summed E-state index contributed by atoms with van der Waals surface area (Å²) in [6.45, 7) is 3.57. The summed E-state index contributed by atoms with van der Waals surface area (Å²) in [4.78, 5) is 18.9. The van der Waals surface area contributed by atoms with E-state index in [0.29, 0.717) is 28.8 Å². The van der Waals surface area contributed by atoms with E-state index >= 15 is 0 Å². The number of hydrogen-bond acceptors (Lipinski definition) is 3. The molecule has 0 radical (unpaired) electrons. The van der Waals surface area contributed by atoms with E-state index in [-0.39, 0.29) is 5.56 Å². The maximum absolute atomic E-state index is 11.7. The van der Waals surface area contributed by atoms with Crippen LogP contribution in [0.25, 0.3) is 0 Å². The van der Waals surface area contributed by atoms with Gasteiger partial charge in [-0.1, -0.05) is 36.2 Å². The molecule has 0 aliphatic rings. The van der Waals surface area contributed by atoms with Gasteiger partial charge in [-0.25, -0.2) is 4.98 Å². The average molecular weight is 326 g/mol. The molecule has 0 amide bonds. The highest BCUT2D eigenvalue weighted by atomic mass is 35.5. The first kappa shape index (κ1) is 16.0. The molecule has 1 heterocycles. The third kappa shape index (κ3) is 4.84. The maximum Gasteiger partial charge on any atom is 0.251 e. The first-order valence-electron chi connectivity index (χ1n) is 6.82. The Balaban J connectivity index is 2.17. The molecule has 0 bridgehead atoms. The molecule has 4 nitrogen and oxygen atoms in total. The van der Waals surface area contributed by atoms with Crippen molar-refractivity contribution in [1.82, 2.24) is 15.3 Å². The zero-order chi connectivity index (χ0) is 15.2. The average Bonchev–Trinajstić information content (AvgIpc) is 2.42. The van der Waals surface area contributed by atoms with Crippen LogP contribution in [0.5, 0.6) is 0 Å². The van der Waals surface area contributed by atoms with Gasteiger partial charge in [-0.3, -0.25) is 4.79 Å². The van der Waals surface area contributed by atoms with Gasteiger partial charge in [0.15, 0.2) is 0 Å². The molecule has 0 unspecified atom stereocenters.